The van der Waals surface area contributed by atoms with Crippen molar-refractivity contribution in [2.75, 3.05) is 20.2 Å². The van der Waals surface area contributed by atoms with Gasteiger partial charge in [-0.3, -0.25) is 14.4 Å². The van der Waals surface area contributed by atoms with Gasteiger partial charge >= 0.3 is 12.1 Å². The van der Waals surface area contributed by atoms with E-state index in [2.05, 4.69) is 15.4 Å². The van der Waals surface area contributed by atoms with Crippen molar-refractivity contribution in [3.63, 3.8) is 0 Å². The Balaban J connectivity index is 3.55. The van der Waals surface area contributed by atoms with Gasteiger partial charge in [-0.2, -0.15) is 5.26 Å². The fraction of sp³-hybridized carbons (Fsp3) is 0.577. The lowest BCUT2D eigenvalue weighted by atomic mass is 9.93. The monoisotopic (exact) mass is 502 g/mol. The zero-order valence-electron chi connectivity index (χ0n) is 22.4. The summed E-state index contributed by atoms with van der Waals surface area (Å²) in [4.78, 5) is 52.6. The number of carbonyl (C=O) groups is 4. The Hall–Kier alpha value is -3.61. The molecule has 0 aromatic heterocycles. The minimum Gasteiger partial charge on any atom is -0.468 e. The normalized spacial score (nSPS) is 13.4. The van der Waals surface area contributed by atoms with Gasteiger partial charge in [0.05, 0.1) is 13.2 Å². The summed E-state index contributed by atoms with van der Waals surface area (Å²) >= 11 is 0. The van der Waals surface area contributed by atoms with Gasteiger partial charge in [-0.05, 0) is 51.7 Å². The highest BCUT2D eigenvalue weighted by atomic mass is 16.6. The van der Waals surface area contributed by atoms with Gasteiger partial charge in [0, 0.05) is 0 Å². The quantitative estimate of drug-likeness (QED) is 0.371. The highest BCUT2D eigenvalue weighted by Gasteiger charge is 2.38. The van der Waals surface area contributed by atoms with Gasteiger partial charge in [-0.25, -0.2) is 4.79 Å². The Bertz CT molecular complexity index is 995. The molecule has 0 aliphatic carbocycles. The molecule has 3 amide bonds. The minimum atomic E-state index is -1.23. The first-order chi connectivity index (χ1) is 16.7. The summed E-state index contributed by atoms with van der Waals surface area (Å²) in [5.41, 5.74) is 1.28. The number of amides is 3. The number of benzene rings is 1. The summed E-state index contributed by atoms with van der Waals surface area (Å²) in [5.74, 6) is -2.26. The molecule has 1 rings (SSSR count). The zero-order chi connectivity index (χ0) is 27.6. The van der Waals surface area contributed by atoms with Crippen LogP contribution in [0, 0.1) is 31.1 Å². The number of esters is 1. The third kappa shape index (κ3) is 8.87. The van der Waals surface area contributed by atoms with E-state index in [4.69, 9.17) is 4.74 Å². The van der Waals surface area contributed by atoms with Gasteiger partial charge in [-0.1, -0.05) is 44.0 Å². The van der Waals surface area contributed by atoms with Crippen LogP contribution < -0.4 is 10.6 Å². The molecule has 0 aliphatic rings. The standard InChI is InChI=1S/C26H38N4O6/c1-9-17(3)21(29-25(34)36-26(5,6)7)24(33)30(13-12-27)22(23(32)28-15-20(31)35-8)19-14-16(2)10-11-18(19)4/h10-11,14,17,21-22H,9,13,15H2,1-8H3,(H,28,32)(H,29,34). The summed E-state index contributed by atoms with van der Waals surface area (Å²) in [5, 5.41) is 14.7. The van der Waals surface area contributed by atoms with E-state index in [-0.39, 0.29) is 5.92 Å². The van der Waals surface area contributed by atoms with Gasteiger partial charge in [0.25, 0.3) is 0 Å². The van der Waals surface area contributed by atoms with E-state index >= 15 is 0 Å². The average molecular weight is 503 g/mol. The molecule has 0 bridgehead atoms. The van der Waals surface area contributed by atoms with Crippen LogP contribution in [0.25, 0.3) is 0 Å². The first kappa shape index (κ1) is 30.4. The van der Waals surface area contributed by atoms with Crippen molar-refractivity contribution >= 4 is 23.9 Å². The van der Waals surface area contributed by atoms with E-state index in [9.17, 15) is 24.4 Å². The van der Waals surface area contributed by atoms with Crippen molar-refractivity contribution in [1.29, 1.82) is 5.26 Å². The maximum Gasteiger partial charge on any atom is 0.408 e. The molecule has 2 N–H and O–H groups in total. The number of nitrogens with one attached hydrogen (secondary N) is 2. The van der Waals surface area contributed by atoms with Crippen molar-refractivity contribution in [2.45, 2.75) is 72.6 Å². The Morgan fingerprint density at radius 1 is 1.17 bits per heavy atom. The smallest absolute Gasteiger partial charge is 0.408 e. The lowest BCUT2D eigenvalue weighted by Gasteiger charge is -2.35. The van der Waals surface area contributed by atoms with Crippen LogP contribution in [0.1, 0.15) is 63.8 Å². The highest BCUT2D eigenvalue weighted by molar-refractivity contribution is 5.93. The molecule has 10 heteroatoms. The highest BCUT2D eigenvalue weighted by Crippen LogP contribution is 2.27. The molecule has 0 aliphatic heterocycles. The third-order valence-electron chi connectivity index (χ3n) is 5.60. The van der Waals surface area contributed by atoms with E-state index in [1.54, 1.807) is 40.7 Å². The van der Waals surface area contributed by atoms with Crippen molar-refractivity contribution in [3.05, 3.63) is 34.9 Å². The molecule has 198 valence electrons. The third-order valence-corrected chi connectivity index (χ3v) is 5.60. The SMILES string of the molecule is CCC(C)C(NC(=O)OC(C)(C)C)C(=O)N(CC#N)C(C(=O)NCC(=O)OC)c1cc(C)ccc1C. The van der Waals surface area contributed by atoms with E-state index in [1.165, 1.54) is 7.11 Å². The number of nitrogens with zero attached hydrogens (tertiary/aromatic N) is 2. The van der Waals surface area contributed by atoms with E-state index in [0.717, 1.165) is 16.0 Å². The van der Waals surface area contributed by atoms with Crippen LogP contribution in [-0.2, 0) is 23.9 Å². The van der Waals surface area contributed by atoms with Crippen molar-refractivity contribution in [1.82, 2.24) is 15.5 Å². The van der Waals surface area contributed by atoms with Crippen LogP contribution in [0.15, 0.2) is 18.2 Å². The van der Waals surface area contributed by atoms with Crippen LogP contribution in [0.4, 0.5) is 4.79 Å². The summed E-state index contributed by atoms with van der Waals surface area (Å²) in [6.07, 6.45) is -0.244. The Labute approximate surface area is 213 Å². The molecule has 0 radical (unpaired) electrons. The molecule has 0 saturated carbocycles. The summed E-state index contributed by atoms with van der Waals surface area (Å²) in [6, 6.07) is 5.11. The predicted octanol–water partition coefficient (Wildman–Crippen LogP) is 2.93. The molecule has 3 unspecified atom stereocenters. The molecule has 1 aromatic rings. The van der Waals surface area contributed by atoms with Crippen LogP contribution in [0.2, 0.25) is 0 Å². The van der Waals surface area contributed by atoms with E-state index in [1.807, 2.05) is 32.0 Å². The average Bonchev–Trinajstić information content (AvgIpc) is 2.80. The molecule has 0 heterocycles. The number of hydrogen-bond acceptors (Lipinski definition) is 7. The van der Waals surface area contributed by atoms with Gasteiger partial charge in [-0.15, -0.1) is 0 Å². The number of aryl methyl sites for hydroxylation is 2. The molecule has 0 spiro atoms. The fourth-order valence-corrected chi connectivity index (χ4v) is 3.50. The molecule has 0 saturated heterocycles. The lowest BCUT2D eigenvalue weighted by Crippen LogP contribution is -2.55. The molecule has 36 heavy (non-hydrogen) atoms. The van der Waals surface area contributed by atoms with Gasteiger partial charge < -0.3 is 25.0 Å². The topological polar surface area (TPSA) is 138 Å². The van der Waals surface area contributed by atoms with Crippen molar-refractivity contribution in [2.24, 2.45) is 5.92 Å². The molecule has 3 atom stereocenters. The molecule has 0 fully saturated rings. The second kappa shape index (κ2) is 13.5. The second-order valence-corrected chi connectivity index (χ2v) is 9.69. The molecule has 10 nitrogen and oxygen atoms in total. The van der Waals surface area contributed by atoms with Crippen molar-refractivity contribution < 1.29 is 28.7 Å². The number of hydrogen-bond donors (Lipinski definition) is 2. The van der Waals surface area contributed by atoms with Gasteiger partial charge in [0.15, 0.2) is 0 Å². The Morgan fingerprint density at radius 3 is 2.33 bits per heavy atom. The summed E-state index contributed by atoms with van der Waals surface area (Å²) in [6.45, 7) is 11.6. The van der Waals surface area contributed by atoms with E-state index in [0.29, 0.717) is 12.0 Å². The molecule has 1 aromatic carbocycles. The summed E-state index contributed by atoms with van der Waals surface area (Å²) < 4.78 is 9.95. The van der Waals surface area contributed by atoms with Crippen LogP contribution in [0.5, 0.6) is 0 Å². The first-order valence-corrected chi connectivity index (χ1v) is 11.8. The number of ether oxygens (including phenoxy) is 2. The van der Waals surface area contributed by atoms with Crippen LogP contribution in [0.3, 0.4) is 0 Å². The minimum absolute atomic E-state index is 0.330. The lowest BCUT2D eigenvalue weighted by molar-refractivity contribution is -0.144. The van der Waals surface area contributed by atoms with Gasteiger partial charge in [0.1, 0.15) is 30.8 Å². The zero-order valence-corrected chi connectivity index (χ0v) is 22.4. The number of methoxy groups -OCH3 is 1. The second-order valence-electron chi connectivity index (χ2n) is 9.69. The van der Waals surface area contributed by atoms with Crippen LogP contribution in [-0.4, -0.2) is 60.6 Å². The fourth-order valence-electron chi connectivity index (χ4n) is 3.50. The number of nitriles is 1. The van der Waals surface area contributed by atoms with E-state index < -0.39 is 54.7 Å². The maximum atomic E-state index is 13.9. The summed E-state index contributed by atoms with van der Waals surface area (Å²) in [7, 11) is 1.20. The predicted molar refractivity (Wildman–Crippen MR) is 134 cm³/mol. The number of alkyl carbamates (subject to hydrolysis) is 1. The largest absolute Gasteiger partial charge is 0.468 e. The van der Waals surface area contributed by atoms with Crippen molar-refractivity contribution in [3.8, 4) is 6.07 Å². The number of rotatable bonds is 10. The first-order valence-electron chi connectivity index (χ1n) is 11.8. The van der Waals surface area contributed by atoms with Crippen LogP contribution >= 0.6 is 0 Å². The number of carbonyl (C=O) groups excluding carboxylic acids is 4. The molecular formula is C26H38N4O6. The van der Waals surface area contributed by atoms with Gasteiger partial charge in [0.2, 0.25) is 11.8 Å². The maximum absolute atomic E-state index is 13.9. The Morgan fingerprint density at radius 2 is 1.81 bits per heavy atom. The Kier molecular flexibility index (Phi) is 11.4. The molecular weight excluding hydrogens is 464 g/mol.